The summed E-state index contributed by atoms with van der Waals surface area (Å²) >= 11 is 0. The van der Waals surface area contributed by atoms with E-state index in [-0.39, 0.29) is 11.9 Å². The van der Waals surface area contributed by atoms with Gasteiger partial charge in [-0.05, 0) is 36.5 Å². The smallest absolute Gasteiger partial charge is 0.123 e. The average molecular weight is 378 g/mol. The predicted molar refractivity (Wildman–Crippen MR) is 103 cm³/mol. The predicted octanol–water partition coefficient (Wildman–Crippen LogP) is 1.95. The van der Waals surface area contributed by atoms with Gasteiger partial charge in [-0.25, -0.2) is 4.39 Å². The van der Waals surface area contributed by atoms with Gasteiger partial charge in [0.15, 0.2) is 0 Å². The summed E-state index contributed by atoms with van der Waals surface area (Å²) in [6.45, 7) is 6.73. The molecule has 1 aromatic carbocycles. The van der Waals surface area contributed by atoms with Crippen LogP contribution >= 0.6 is 0 Å². The van der Waals surface area contributed by atoms with Crippen molar-refractivity contribution < 1.29 is 13.9 Å². The van der Waals surface area contributed by atoms with E-state index in [1.165, 1.54) is 25.3 Å². The van der Waals surface area contributed by atoms with E-state index in [2.05, 4.69) is 15.5 Å². The number of nitrogens with zero attached hydrogens (tertiary/aromatic N) is 1. The Hall–Kier alpha value is -1.05. The van der Waals surface area contributed by atoms with Crippen molar-refractivity contribution in [2.24, 2.45) is 5.92 Å². The third-order valence-electron chi connectivity index (χ3n) is 6.33. The van der Waals surface area contributed by atoms with Gasteiger partial charge in [0.05, 0.1) is 26.4 Å². The largest absolute Gasteiger partial charge is 0.379 e. The van der Waals surface area contributed by atoms with E-state index in [1.807, 2.05) is 12.1 Å². The molecule has 1 saturated carbocycles. The van der Waals surface area contributed by atoms with E-state index >= 15 is 0 Å². The van der Waals surface area contributed by atoms with Crippen LogP contribution in [0, 0.1) is 11.7 Å². The third-order valence-corrected chi connectivity index (χ3v) is 6.33. The zero-order valence-electron chi connectivity index (χ0n) is 16.0. The Bertz CT molecular complexity index is 591. The van der Waals surface area contributed by atoms with Crippen molar-refractivity contribution in [3.05, 3.63) is 35.6 Å². The number of ether oxygens (including phenoxy) is 2. The number of rotatable bonds is 6. The zero-order valence-corrected chi connectivity index (χ0v) is 16.0. The summed E-state index contributed by atoms with van der Waals surface area (Å²) in [6.07, 6.45) is 3.73. The highest BCUT2D eigenvalue weighted by Gasteiger charge is 2.35. The molecule has 4 rings (SSSR count). The molecule has 3 aliphatic rings. The quantitative estimate of drug-likeness (QED) is 0.793. The van der Waals surface area contributed by atoms with Crippen LogP contribution in [-0.4, -0.2) is 69.6 Å². The number of hydrogen-bond acceptors (Lipinski definition) is 5. The van der Waals surface area contributed by atoms with Gasteiger partial charge in [-0.1, -0.05) is 18.6 Å². The average Bonchev–Trinajstić information content (AvgIpc) is 3.18. The molecule has 1 aromatic rings. The summed E-state index contributed by atoms with van der Waals surface area (Å²) in [4.78, 5) is 2.43. The molecule has 3 fully saturated rings. The number of nitrogens with one attached hydrogen (secondary N) is 2. The first-order valence-corrected chi connectivity index (χ1v) is 10.4. The second kappa shape index (κ2) is 9.43. The van der Waals surface area contributed by atoms with Crippen molar-refractivity contribution in [3.63, 3.8) is 0 Å². The van der Waals surface area contributed by atoms with E-state index in [0.717, 1.165) is 58.2 Å². The van der Waals surface area contributed by atoms with Crippen molar-refractivity contribution in [2.45, 2.75) is 37.4 Å². The monoisotopic (exact) mass is 377 g/mol. The summed E-state index contributed by atoms with van der Waals surface area (Å²) in [5.41, 5.74) is 1.05. The molecule has 5 nitrogen and oxygen atoms in total. The molecule has 2 heterocycles. The molecule has 2 saturated heterocycles. The Labute approximate surface area is 161 Å². The first-order chi connectivity index (χ1) is 13.3. The highest BCUT2D eigenvalue weighted by Crippen LogP contribution is 2.30. The molecule has 0 radical (unpaired) electrons. The third kappa shape index (κ3) is 4.87. The normalized spacial score (nSPS) is 31.1. The lowest BCUT2D eigenvalue weighted by atomic mass is 9.93. The van der Waals surface area contributed by atoms with Crippen molar-refractivity contribution in [1.29, 1.82) is 0 Å². The van der Waals surface area contributed by atoms with Crippen LogP contribution in [-0.2, 0) is 9.47 Å². The molecule has 4 atom stereocenters. The number of halogens is 1. The van der Waals surface area contributed by atoms with Crippen molar-refractivity contribution >= 4 is 0 Å². The Balaban J connectivity index is 1.43. The van der Waals surface area contributed by atoms with Crippen LogP contribution in [0.2, 0.25) is 0 Å². The van der Waals surface area contributed by atoms with E-state index in [9.17, 15) is 4.39 Å². The lowest BCUT2D eigenvalue weighted by Crippen LogP contribution is -2.52. The second-order valence-corrected chi connectivity index (χ2v) is 7.96. The molecule has 2 aliphatic heterocycles. The number of benzene rings is 1. The van der Waals surface area contributed by atoms with Crippen LogP contribution in [0.15, 0.2) is 24.3 Å². The molecule has 27 heavy (non-hydrogen) atoms. The zero-order chi connectivity index (χ0) is 18.5. The summed E-state index contributed by atoms with van der Waals surface area (Å²) in [7, 11) is 0. The van der Waals surface area contributed by atoms with E-state index < -0.39 is 0 Å². The molecule has 150 valence electrons. The van der Waals surface area contributed by atoms with Gasteiger partial charge >= 0.3 is 0 Å². The summed E-state index contributed by atoms with van der Waals surface area (Å²) < 4.78 is 25.1. The minimum absolute atomic E-state index is 0.159. The lowest BCUT2D eigenvalue weighted by Gasteiger charge is -2.37. The fraction of sp³-hybridized carbons (Fsp3) is 0.714. The Morgan fingerprint density at radius 1 is 1.19 bits per heavy atom. The molecule has 0 amide bonds. The van der Waals surface area contributed by atoms with Crippen LogP contribution in [0.4, 0.5) is 4.39 Å². The van der Waals surface area contributed by atoms with Crippen molar-refractivity contribution in [2.75, 3.05) is 52.6 Å². The van der Waals surface area contributed by atoms with Gasteiger partial charge in [-0.3, -0.25) is 4.90 Å². The van der Waals surface area contributed by atoms with Gasteiger partial charge in [-0.2, -0.15) is 0 Å². The molecule has 0 spiro atoms. The second-order valence-electron chi connectivity index (χ2n) is 7.96. The van der Waals surface area contributed by atoms with Crippen molar-refractivity contribution in [3.8, 4) is 0 Å². The standard InChI is InChI=1S/C21H32FN3O2/c22-17-4-1-3-16(13-17)21(25-8-11-26-12-9-25)14-24-19-6-2-5-18(19)20-15-27-10-7-23-20/h1,3-4,13,18-21,23-24H,2,5-12,14-15H2. The van der Waals surface area contributed by atoms with Gasteiger partial charge in [-0.15, -0.1) is 0 Å². The van der Waals surface area contributed by atoms with Crippen LogP contribution in [0.3, 0.4) is 0 Å². The molecule has 0 bridgehead atoms. The van der Waals surface area contributed by atoms with Gasteiger partial charge in [0.2, 0.25) is 0 Å². The van der Waals surface area contributed by atoms with Crippen LogP contribution in [0.1, 0.15) is 30.9 Å². The Morgan fingerprint density at radius 2 is 2.07 bits per heavy atom. The Kier molecular flexibility index (Phi) is 6.73. The topological polar surface area (TPSA) is 45.8 Å². The summed E-state index contributed by atoms with van der Waals surface area (Å²) in [5, 5.41) is 7.48. The first kappa shape index (κ1) is 19.3. The molecule has 1 aliphatic carbocycles. The maximum atomic E-state index is 13.9. The van der Waals surface area contributed by atoms with Crippen LogP contribution < -0.4 is 10.6 Å². The fourth-order valence-electron chi connectivity index (χ4n) is 4.91. The van der Waals surface area contributed by atoms with Gasteiger partial charge in [0.25, 0.3) is 0 Å². The van der Waals surface area contributed by atoms with Crippen LogP contribution in [0.5, 0.6) is 0 Å². The number of hydrogen-bond donors (Lipinski definition) is 2. The maximum Gasteiger partial charge on any atom is 0.123 e. The molecule has 6 heteroatoms. The lowest BCUT2D eigenvalue weighted by molar-refractivity contribution is 0.0144. The van der Waals surface area contributed by atoms with E-state index in [0.29, 0.717) is 18.0 Å². The highest BCUT2D eigenvalue weighted by molar-refractivity contribution is 5.21. The van der Waals surface area contributed by atoms with Gasteiger partial charge in [0, 0.05) is 44.3 Å². The SMILES string of the molecule is Fc1cccc(C(CNC2CCCC2C2COCCN2)N2CCOCC2)c1. The van der Waals surface area contributed by atoms with Crippen molar-refractivity contribution in [1.82, 2.24) is 15.5 Å². The summed E-state index contributed by atoms with van der Waals surface area (Å²) in [6, 6.07) is 8.21. The van der Waals surface area contributed by atoms with Crippen LogP contribution in [0.25, 0.3) is 0 Å². The van der Waals surface area contributed by atoms with E-state index in [4.69, 9.17) is 9.47 Å². The minimum Gasteiger partial charge on any atom is -0.379 e. The molecule has 2 N–H and O–H groups in total. The van der Waals surface area contributed by atoms with Gasteiger partial charge < -0.3 is 20.1 Å². The first-order valence-electron chi connectivity index (χ1n) is 10.4. The van der Waals surface area contributed by atoms with E-state index in [1.54, 1.807) is 6.07 Å². The minimum atomic E-state index is -0.159. The molecular weight excluding hydrogens is 345 g/mol. The highest BCUT2D eigenvalue weighted by atomic mass is 19.1. The molecular formula is C21H32FN3O2. The maximum absolute atomic E-state index is 13.9. The fourth-order valence-corrected chi connectivity index (χ4v) is 4.91. The summed E-state index contributed by atoms with van der Waals surface area (Å²) in [5.74, 6) is 0.455. The number of morpholine rings is 2. The molecule has 4 unspecified atom stereocenters. The van der Waals surface area contributed by atoms with Gasteiger partial charge in [0.1, 0.15) is 5.82 Å². The Morgan fingerprint density at radius 3 is 2.85 bits per heavy atom. The molecule has 0 aromatic heterocycles.